The molecule has 0 bridgehead atoms. The van der Waals surface area contributed by atoms with Crippen LogP contribution in [0.4, 0.5) is 13.2 Å². The van der Waals surface area contributed by atoms with Crippen LogP contribution in [0.15, 0.2) is 34.5 Å². The first-order valence-corrected chi connectivity index (χ1v) is 6.68. The number of rotatable bonds is 4. The highest BCUT2D eigenvalue weighted by Gasteiger charge is 2.48. The van der Waals surface area contributed by atoms with Crippen LogP contribution in [0.25, 0.3) is 0 Å². The maximum Gasteiger partial charge on any atom is 0.534 e. The summed E-state index contributed by atoms with van der Waals surface area (Å²) in [5.74, 6) is -0.401. The molecule has 0 aromatic heterocycles. The fourth-order valence-corrected chi connectivity index (χ4v) is 1.50. The van der Waals surface area contributed by atoms with Gasteiger partial charge < -0.3 is 15.7 Å². The van der Waals surface area contributed by atoms with E-state index >= 15 is 0 Å². The third-order valence-corrected chi connectivity index (χ3v) is 2.93. The van der Waals surface area contributed by atoms with Crippen molar-refractivity contribution in [1.82, 2.24) is 0 Å². The smallest absolute Gasteiger partial charge is 0.386 e. The quantitative estimate of drug-likeness (QED) is 0.280. The molecule has 0 amide bonds. The summed E-state index contributed by atoms with van der Waals surface area (Å²) in [7, 11) is -5.71. The van der Waals surface area contributed by atoms with E-state index in [0.29, 0.717) is 5.56 Å². The minimum Gasteiger partial charge on any atom is -0.386 e. The molecule has 0 fully saturated rings. The Morgan fingerprint density at radius 1 is 1.14 bits per heavy atom. The van der Waals surface area contributed by atoms with Crippen LogP contribution < -0.4 is 15.7 Å². The molecule has 1 aromatic carbocycles. The molecule has 0 atom stereocenters. The van der Waals surface area contributed by atoms with Crippen molar-refractivity contribution in [3.8, 4) is 5.75 Å². The molecule has 7 nitrogen and oxygen atoms in total. The molecule has 0 aliphatic heterocycles. The lowest BCUT2D eigenvalue weighted by Gasteiger charge is -2.09. The van der Waals surface area contributed by atoms with Crippen LogP contribution in [0.5, 0.6) is 5.75 Å². The number of nitrogens with two attached hydrogens (primary N) is 2. The monoisotopic (exact) mass is 324 g/mol. The van der Waals surface area contributed by atoms with Gasteiger partial charge in [0.15, 0.2) is 5.84 Å². The Balaban J connectivity index is 2.95. The molecular weight excluding hydrogens is 313 g/mol. The van der Waals surface area contributed by atoms with Crippen molar-refractivity contribution in [3.63, 3.8) is 0 Å². The lowest BCUT2D eigenvalue weighted by Crippen LogP contribution is -2.28. The zero-order valence-corrected chi connectivity index (χ0v) is 11.4. The summed E-state index contributed by atoms with van der Waals surface area (Å²) in [6.45, 7) is 1.48. The molecule has 0 aliphatic carbocycles. The molecule has 1 rings (SSSR count). The van der Waals surface area contributed by atoms with E-state index in [1.807, 2.05) is 0 Å². The van der Waals surface area contributed by atoms with Gasteiger partial charge in [-0.05, 0) is 31.2 Å². The van der Waals surface area contributed by atoms with Crippen LogP contribution in [0, 0.1) is 0 Å². The summed E-state index contributed by atoms with van der Waals surface area (Å²) in [6, 6.07) is 4.45. The van der Waals surface area contributed by atoms with E-state index in [9.17, 15) is 21.6 Å². The van der Waals surface area contributed by atoms with E-state index in [0.717, 1.165) is 12.1 Å². The third kappa shape index (κ3) is 4.63. The normalized spacial score (nSPS) is 14.1. The van der Waals surface area contributed by atoms with Crippen molar-refractivity contribution in [2.24, 2.45) is 21.7 Å². The molecular formula is C10H11F3N4O3S. The second-order valence-corrected chi connectivity index (χ2v) is 5.27. The average molecular weight is 324 g/mol. The maximum absolute atomic E-state index is 12.1. The number of nitrogens with zero attached hydrogens (tertiary/aromatic N) is 2. The first kappa shape index (κ1) is 16.8. The summed E-state index contributed by atoms with van der Waals surface area (Å²) in [5, 5.41) is 7.05. The van der Waals surface area contributed by atoms with E-state index in [-0.39, 0.29) is 11.7 Å². The molecule has 0 saturated heterocycles. The lowest BCUT2D eigenvalue weighted by molar-refractivity contribution is -0.0500. The van der Waals surface area contributed by atoms with Crippen molar-refractivity contribution in [3.05, 3.63) is 29.8 Å². The first-order chi connectivity index (χ1) is 9.53. The number of benzene rings is 1. The van der Waals surface area contributed by atoms with Crippen LogP contribution >= 0.6 is 0 Å². The van der Waals surface area contributed by atoms with Gasteiger partial charge in [0.25, 0.3) is 0 Å². The summed E-state index contributed by atoms with van der Waals surface area (Å²) >= 11 is 0. The van der Waals surface area contributed by atoms with Crippen LogP contribution in [0.1, 0.15) is 12.5 Å². The summed E-state index contributed by atoms with van der Waals surface area (Å²) in [4.78, 5) is 0. The fraction of sp³-hybridized carbons (Fsp3) is 0.200. The van der Waals surface area contributed by atoms with Gasteiger partial charge in [0, 0.05) is 5.56 Å². The highest BCUT2D eigenvalue weighted by atomic mass is 32.2. The van der Waals surface area contributed by atoms with Gasteiger partial charge in [-0.15, -0.1) is 10.2 Å². The lowest BCUT2D eigenvalue weighted by atomic mass is 10.2. The Labute approximate surface area is 118 Å². The van der Waals surface area contributed by atoms with Crippen molar-refractivity contribution in [2.45, 2.75) is 12.4 Å². The number of alkyl halides is 3. The van der Waals surface area contributed by atoms with E-state index in [1.54, 1.807) is 0 Å². The van der Waals surface area contributed by atoms with Gasteiger partial charge in [0.1, 0.15) is 11.6 Å². The Morgan fingerprint density at radius 2 is 1.67 bits per heavy atom. The molecule has 21 heavy (non-hydrogen) atoms. The second-order valence-electron chi connectivity index (χ2n) is 3.73. The highest BCUT2D eigenvalue weighted by molar-refractivity contribution is 7.87. The summed E-state index contributed by atoms with van der Waals surface area (Å²) in [6.07, 6.45) is 0. The van der Waals surface area contributed by atoms with Gasteiger partial charge in [-0.25, -0.2) is 0 Å². The van der Waals surface area contributed by atoms with Gasteiger partial charge in [0.05, 0.1) is 0 Å². The Morgan fingerprint density at radius 3 is 2.10 bits per heavy atom. The van der Waals surface area contributed by atoms with Gasteiger partial charge in [-0.2, -0.15) is 21.6 Å². The second kappa shape index (κ2) is 5.99. The predicted molar refractivity (Wildman–Crippen MR) is 70.1 cm³/mol. The van der Waals surface area contributed by atoms with Crippen LogP contribution in [-0.2, 0) is 10.1 Å². The molecule has 0 saturated carbocycles. The molecule has 0 heterocycles. The van der Waals surface area contributed by atoms with E-state index in [4.69, 9.17) is 11.5 Å². The van der Waals surface area contributed by atoms with Crippen LogP contribution in [-0.4, -0.2) is 25.6 Å². The van der Waals surface area contributed by atoms with Crippen molar-refractivity contribution in [1.29, 1.82) is 0 Å². The number of hydrogen-bond donors (Lipinski definition) is 2. The predicted octanol–water partition coefficient (Wildman–Crippen LogP) is 0.912. The molecule has 1 aromatic rings. The van der Waals surface area contributed by atoms with E-state index < -0.39 is 21.4 Å². The molecule has 116 valence electrons. The molecule has 0 spiro atoms. The Hall–Kier alpha value is -2.30. The molecule has 4 N–H and O–H groups in total. The number of hydrogen-bond acceptors (Lipinski definition) is 5. The Bertz CT molecular complexity index is 662. The minimum atomic E-state index is -5.71. The average Bonchev–Trinajstić information content (AvgIpc) is 2.35. The van der Waals surface area contributed by atoms with Crippen molar-refractivity contribution in [2.75, 3.05) is 0 Å². The standard InChI is InChI=1S/C10H11F3N4O3S/c1-6(14)16-17-9(15)7-2-4-8(5-3-7)20-21(18,19)10(11,12)13/h2-5H,1H3,(H2,14,16)(H2,15,17). The van der Waals surface area contributed by atoms with E-state index in [2.05, 4.69) is 14.4 Å². The van der Waals surface area contributed by atoms with Crippen LogP contribution in [0.2, 0.25) is 0 Å². The van der Waals surface area contributed by atoms with Crippen molar-refractivity contribution < 1.29 is 25.8 Å². The largest absolute Gasteiger partial charge is 0.534 e. The van der Waals surface area contributed by atoms with Gasteiger partial charge in [-0.3, -0.25) is 0 Å². The summed E-state index contributed by atoms with van der Waals surface area (Å²) in [5.41, 5.74) is 5.59. The van der Waals surface area contributed by atoms with Crippen LogP contribution in [0.3, 0.4) is 0 Å². The Kier molecular flexibility index (Phi) is 4.78. The number of amidine groups is 2. The molecule has 0 unspecified atom stereocenters. The highest BCUT2D eigenvalue weighted by Crippen LogP contribution is 2.26. The topological polar surface area (TPSA) is 120 Å². The zero-order valence-electron chi connectivity index (χ0n) is 10.6. The third-order valence-electron chi connectivity index (χ3n) is 1.95. The fourth-order valence-electron chi connectivity index (χ4n) is 1.05. The van der Waals surface area contributed by atoms with Gasteiger partial charge in [0.2, 0.25) is 0 Å². The summed E-state index contributed by atoms with van der Waals surface area (Å²) < 4.78 is 61.9. The molecule has 0 radical (unpaired) electrons. The van der Waals surface area contributed by atoms with Gasteiger partial charge in [-0.1, -0.05) is 0 Å². The van der Waals surface area contributed by atoms with Gasteiger partial charge >= 0.3 is 15.6 Å². The van der Waals surface area contributed by atoms with E-state index in [1.165, 1.54) is 19.1 Å². The first-order valence-electron chi connectivity index (χ1n) is 5.27. The number of halogens is 3. The SMILES string of the molecule is C/C(N)=N/N=C(\N)c1ccc(OS(=O)(=O)C(F)(F)F)cc1. The molecule has 0 aliphatic rings. The minimum absolute atomic E-state index is 0.0509. The maximum atomic E-state index is 12.1. The van der Waals surface area contributed by atoms with Crippen molar-refractivity contribution >= 4 is 21.8 Å². The molecule has 11 heteroatoms. The zero-order chi connectivity index (χ0) is 16.3.